The monoisotopic (exact) mass is 187 g/mol. The number of aromatic nitrogens is 1. The first-order valence-corrected chi connectivity index (χ1v) is 4.13. The molecule has 0 saturated carbocycles. The van der Waals surface area contributed by atoms with E-state index in [1.54, 1.807) is 12.4 Å². The van der Waals surface area contributed by atoms with Gasteiger partial charge in [0.2, 0.25) is 0 Å². The summed E-state index contributed by atoms with van der Waals surface area (Å²) in [5.74, 6) is 0. The average molecular weight is 187 g/mol. The number of hydrogen-bond acceptors (Lipinski definition) is 2. The van der Waals surface area contributed by atoms with Gasteiger partial charge in [0.1, 0.15) is 0 Å². The molecule has 1 heterocycles. The van der Waals surface area contributed by atoms with Crippen molar-refractivity contribution in [1.29, 1.82) is 0 Å². The van der Waals surface area contributed by atoms with Gasteiger partial charge in [-0.1, -0.05) is 11.6 Å². The summed E-state index contributed by atoms with van der Waals surface area (Å²) in [5.41, 5.74) is 0.352. The SMILES string of the molecule is CC(C)n1cc(Cl)c(B(O)O)c1. The molecule has 2 N–H and O–H groups in total. The third-order valence-corrected chi connectivity index (χ3v) is 2.02. The lowest BCUT2D eigenvalue weighted by Gasteiger charge is -2.04. The van der Waals surface area contributed by atoms with E-state index >= 15 is 0 Å². The molecule has 0 amide bonds. The van der Waals surface area contributed by atoms with Crippen LogP contribution in [0.3, 0.4) is 0 Å². The van der Waals surface area contributed by atoms with E-state index in [2.05, 4.69) is 0 Å². The van der Waals surface area contributed by atoms with Crippen molar-refractivity contribution in [3.8, 4) is 0 Å². The van der Waals surface area contributed by atoms with Crippen LogP contribution in [0.25, 0.3) is 0 Å². The Labute approximate surface area is 76.7 Å². The fourth-order valence-electron chi connectivity index (χ4n) is 0.953. The van der Waals surface area contributed by atoms with Gasteiger partial charge in [-0.25, -0.2) is 0 Å². The predicted molar refractivity (Wildman–Crippen MR) is 49.7 cm³/mol. The van der Waals surface area contributed by atoms with E-state index in [9.17, 15) is 0 Å². The highest BCUT2D eigenvalue weighted by Gasteiger charge is 2.17. The van der Waals surface area contributed by atoms with E-state index < -0.39 is 7.12 Å². The van der Waals surface area contributed by atoms with Gasteiger partial charge in [-0.15, -0.1) is 0 Å². The van der Waals surface area contributed by atoms with Crippen LogP contribution in [0.15, 0.2) is 12.4 Å². The maximum absolute atomic E-state index is 8.86. The molecular formula is C7H11BClNO2. The molecule has 0 aromatic carbocycles. The molecule has 0 spiro atoms. The topological polar surface area (TPSA) is 45.4 Å². The summed E-state index contributed by atoms with van der Waals surface area (Å²) < 4.78 is 1.83. The first kappa shape index (κ1) is 9.64. The lowest BCUT2D eigenvalue weighted by molar-refractivity contribution is 0.425. The Morgan fingerprint density at radius 3 is 2.25 bits per heavy atom. The maximum Gasteiger partial charge on any atom is 0.491 e. The highest BCUT2D eigenvalue weighted by Crippen LogP contribution is 2.11. The van der Waals surface area contributed by atoms with Crippen LogP contribution in [0.2, 0.25) is 5.02 Å². The van der Waals surface area contributed by atoms with Gasteiger partial charge in [-0.3, -0.25) is 0 Å². The van der Waals surface area contributed by atoms with Crippen LogP contribution in [-0.2, 0) is 0 Å². The second-order valence-corrected chi connectivity index (χ2v) is 3.38. The summed E-state index contributed by atoms with van der Waals surface area (Å²) in [4.78, 5) is 0. The van der Waals surface area contributed by atoms with Crippen molar-refractivity contribution in [2.24, 2.45) is 0 Å². The third-order valence-electron chi connectivity index (χ3n) is 1.70. The number of nitrogens with zero attached hydrogens (tertiary/aromatic N) is 1. The van der Waals surface area contributed by atoms with E-state index in [-0.39, 0.29) is 6.04 Å². The Kier molecular flexibility index (Phi) is 2.83. The van der Waals surface area contributed by atoms with Gasteiger partial charge in [0, 0.05) is 23.9 Å². The van der Waals surface area contributed by atoms with Crippen LogP contribution >= 0.6 is 11.6 Å². The summed E-state index contributed by atoms with van der Waals surface area (Å²) in [5, 5.41) is 18.1. The lowest BCUT2D eigenvalue weighted by atomic mass is 9.83. The van der Waals surface area contributed by atoms with E-state index in [1.807, 2.05) is 18.4 Å². The number of hydrogen-bond donors (Lipinski definition) is 2. The van der Waals surface area contributed by atoms with Crippen LogP contribution in [0, 0.1) is 0 Å². The fourth-order valence-corrected chi connectivity index (χ4v) is 1.21. The average Bonchev–Trinajstić information content (AvgIpc) is 2.30. The molecule has 0 aliphatic rings. The lowest BCUT2D eigenvalue weighted by Crippen LogP contribution is -2.29. The molecule has 0 atom stereocenters. The molecule has 0 aliphatic heterocycles. The van der Waals surface area contributed by atoms with Crippen LogP contribution in [0.4, 0.5) is 0 Å². The van der Waals surface area contributed by atoms with Gasteiger partial charge >= 0.3 is 7.12 Å². The minimum atomic E-state index is -1.49. The van der Waals surface area contributed by atoms with Crippen molar-refractivity contribution in [2.45, 2.75) is 19.9 Å². The molecule has 0 aliphatic carbocycles. The Morgan fingerprint density at radius 2 is 2.00 bits per heavy atom. The highest BCUT2D eigenvalue weighted by molar-refractivity contribution is 6.62. The second-order valence-electron chi connectivity index (χ2n) is 2.98. The summed E-state index contributed by atoms with van der Waals surface area (Å²) in [6, 6.07) is 0.273. The predicted octanol–water partition coefficient (Wildman–Crippen LogP) is 0.402. The maximum atomic E-state index is 8.86. The minimum Gasteiger partial charge on any atom is -0.423 e. The van der Waals surface area contributed by atoms with Gasteiger partial charge in [-0.2, -0.15) is 0 Å². The van der Waals surface area contributed by atoms with Gasteiger partial charge in [-0.05, 0) is 13.8 Å². The molecule has 0 unspecified atom stereocenters. The molecule has 0 radical (unpaired) electrons. The van der Waals surface area contributed by atoms with Gasteiger partial charge < -0.3 is 14.6 Å². The van der Waals surface area contributed by atoms with Crippen LogP contribution in [-0.4, -0.2) is 21.7 Å². The van der Waals surface area contributed by atoms with E-state index in [1.165, 1.54) is 0 Å². The Morgan fingerprint density at radius 1 is 1.42 bits per heavy atom. The first-order valence-electron chi connectivity index (χ1n) is 3.75. The largest absolute Gasteiger partial charge is 0.491 e. The number of rotatable bonds is 2. The van der Waals surface area contributed by atoms with Crippen LogP contribution in [0.5, 0.6) is 0 Å². The van der Waals surface area contributed by atoms with Crippen molar-refractivity contribution >= 4 is 24.2 Å². The van der Waals surface area contributed by atoms with Crippen molar-refractivity contribution in [3.63, 3.8) is 0 Å². The molecule has 1 aromatic rings. The molecule has 5 heteroatoms. The molecule has 12 heavy (non-hydrogen) atoms. The highest BCUT2D eigenvalue weighted by atomic mass is 35.5. The minimum absolute atomic E-state index is 0.273. The zero-order valence-corrected chi connectivity index (χ0v) is 7.78. The number of halogens is 1. The summed E-state index contributed by atoms with van der Waals surface area (Å²) in [6.45, 7) is 3.98. The van der Waals surface area contributed by atoms with Gasteiger partial charge in [0.05, 0.1) is 5.02 Å². The van der Waals surface area contributed by atoms with E-state index in [0.717, 1.165) is 0 Å². The first-order chi connectivity index (χ1) is 5.52. The molecule has 66 valence electrons. The molecule has 1 aromatic heterocycles. The van der Waals surface area contributed by atoms with Gasteiger partial charge in [0.15, 0.2) is 0 Å². The molecular weight excluding hydrogens is 176 g/mol. The molecule has 0 saturated heterocycles. The van der Waals surface area contributed by atoms with Gasteiger partial charge in [0.25, 0.3) is 0 Å². The molecule has 0 fully saturated rings. The zero-order valence-electron chi connectivity index (χ0n) is 7.03. The summed E-state index contributed by atoms with van der Waals surface area (Å²) in [6.07, 6.45) is 3.32. The van der Waals surface area contributed by atoms with Crippen LogP contribution < -0.4 is 5.46 Å². The smallest absolute Gasteiger partial charge is 0.423 e. The Hall–Kier alpha value is -0.445. The van der Waals surface area contributed by atoms with E-state index in [4.69, 9.17) is 21.6 Å². The van der Waals surface area contributed by atoms with Crippen molar-refractivity contribution in [3.05, 3.63) is 17.4 Å². The van der Waals surface area contributed by atoms with Crippen molar-refractivity contribution in [1.82, 2.24) is 4.57 Å². The van der Waals surface area contributed by atoms with Crippen LogP contribution in [0.1, 0.15) is 19.9 Å². The Balaban J connectivity index is 3.00. The second kappa shape index (κ2) is 3.52. The Bertz CT molecular complexity index is 272. The molecule has 1 rings (SSSR count). The van der Waals surface area contributed by atoms with Crippen molar-refractivity contribution in [2.75, 3.05) is 0 Å². The molecule has 3 nitrogen and oxygen atoms in total. The standard InChI is InChI=1S/C7H11BClNO2/c1-5(2)10-3-6(8(11)12)7(9)4-10/h3-5,11-12H,1-2H3. The molecule has 0 bridgehead atoms. The fraction of sp³-hybridized carbons (Fsp3) is 0.429. The third kappa shape index (κ3) is 1.83. The summed E-state index contributed by atoms with van der Waals surface area (Å²) in [7, 11) is -1.49. The van der Waals surface area contributed by atoms with Crippen molar-refractivity contribution < 1.29 is 10.0 Å². The summed E-state index contributed by atoms with van der Waals surface area (Å²) >= 11 is 5.74. The quantitative estimate of drug-likeness (QED) is 0.659. The van der Waals surface area contributed by atoms with E-state index in [0.29, 0.717) is 10.5 Å². The normalized spacial score (nSPS) is 10.8. The zero-order chi connectivity index (χ0) is 9.30.